The first-order valence-corrected chi connectivity index (χ1v) is 9.57. The molecule has 0 fully saturated rings. The average Bonchev–Trinajstić information content (AvgIpc) is 3.03. The lowest BCUT2D eigenvalue weighted by atomic mass is 10.0. The van der Waals surface area contributed by atoms with E-state index in [1.807, 2.05) is 37.3 Å². The van der Waals surface area contributed by atoms with Crippen LogP contribution in [0.15, 0.2) is 65.5 Å². The van der Waals surface area contributed by atoms with Crippen molar-refractivity contribution in [1.29, 1.82) is 0 Å². The number of aryl methyl sites for hydroxylation is 2. The highest BCUT2D eigenvalue weighted by Gasteiger charge is 2.24. The van der Waals surface area contributed by atoms with Gasteiger partial charge < -0.3 is 5.32 Å². The van der Waals surface area contributed by atoms with E-state index >= 15 is 0 Å². The first kappa shape index (κ1) is 19.6. The van der Waals surface area contributed by atoms with E-state index in [2.05, 4.69) is 10.4 Å². The van der Waals surface area contributed by atoms with Crippen LogP contribution >= 0.6 is 0 Å². The Morgan fingerprint density at radius 3 is 2.43 bits per heavy atom. The quantitative estimate of drug-likeness (QED) is 0.558. The number of benzene rings is 2. The summed E-state index contributed by atoms with van der Waals surface area (Å²) in [5.41, 5.74) is 3.19. The van der Waals surface area contributed by atoms with Crippen LogP contribution in [0.1, 0.15) is 18.7 Å². The molecule has 1 unspecified atom stereocenters. The van der Waals surface area contributed by atoms with E-state index < -0.39 is 6.04 Å². The van der Waals surface area contributed by atoms with Crippen LogP contribution in [-0.2, 0) is 11.8 Å². The molecule has 0 saturated carbocycles. The number of hydrogen-bond acceptors (Lipinski definition) is 3. The van der Waals surface area contributed by atoms with Gasteiger partial charge in [-0.05, 0) is 49.2 Å². The van der Waals surface area contributed by atoms with Gasteiger partial charge in [0.15, 0.2) is 0 Å². The van der Waals surface area contributed by atoms with E-state index in [-0.39, 0.29) is 17.3 Å². The van der Waals surface area contributed by atoms with E-state index in [9.17, 15) is 14.0 Å². The zero-order valence-electron chi connectivity index (χ0n) is 16.9. The topological polar surface area (TPSA) is 68.9 Å². The lowest BCUT2D eigenvalue weighted by Gasteiger charge is -2.18. The monoisotopic (exact) mass is 404 g/mol. The smallest absolute Gasteiger partial charge is 0.253 e. The van der Waals surface area contributed by atoms with Crippen LogP contribution in [0.2, 0.25) is 0 Å². The zero-order valence-corrected chi connectivity index (χ0v) is 16.9. The largest absolute Gasteiger partial charge is 0.324 e. The molecule has 0 spiro atoms. The molecule has 7 heteroatoms. The van der Waals surface area contributed by atoms with Crippen molar-refractivity contribution in [2.24, 2.45) is 7.05 Å². The number of carbonyl (C=O) groups is 1. The Morgan fingerprint density at radius 1 is 1.10 bits per heavy atom. The third-order valence-corrected chi connectivity index (χ3v) is 5.16. The number of anilines is 1. The van der Waals surface area contributed by atoms with Gasteiger partial charge in [-0.25, -0.2) is 4.39 Å². The van der Waals surface area contributed by atoms with Crippen molar-refractivity contribution in [3.63, 3.8) is 0 Å². The summed E-state index contributed by atoms with van der Waals surface area (Å²) in [6.45, 7) is 3.54. The van der Waals surface area contributed by atoms with E-state index in [1.54, 1.807) is 24.7 Å². The first-order valence-electron chi connectivity index (χ1n) is 9.57. The van der Waals surface area contributed by atoms with Gasteiger partial charge in [-0.3, -0.25) is 18.8 Å². The number of nitrogens with one attached hydrogen (secondary N) is 1. The second kappa shape index (κ2) is 7.59. The minimum Gasteiger partial charge on any atom is -0.324 e. The predicted octanol–water partition coefficient (Wildman–Crippen LogP) is 4.05. The van der Waals surface area contributed by atoms with Crippen LogP contribution < -0.4 is 10.9 Å². The van der Waals surface area contributed by atoms with Crippen molar-refractivity contribution in [2.75, 3.05) is 5.32 Å². The van der Waals surface area contributed by atoms with Crippen LogP contribution in [0, 0.1) is 12.7 Å². The second-order valence-corrected chi connectivity index (χ2v) is 7.21. The summed E-state index contributed by atoms with van der Waals surface area (Å²) >= 11 is 0. The predicted molar refractivity (Wildman–Crippen MR) is 115 cm³/mol. The lowest BCUT2D eigenvalue weighted by molar-refractivity contribution is -0.118. The maximum atomic E-state index is 13.1. The number of amides is 1. The standard InChI is InChI=1S/C23H21FN4O2/c1-14-21-19(16-7-5-4-6-8-16)13-20(29)28(23(21)27(3)26-14)15(2)22(30)25-18-11-9-17(24)10-12-18/h4-13,15H,1-3H3,(H,25,30). The van der Waals surface area contributed by atoms with Crippen LogP contribution in [0.3, 0.4) is 0 Å². The van der Waals surface area contributed by atoms with Gasteiger partial charge in [-0.1, -0.05) is 30.3 Å². The second-order valence-electron chi connectivity index (χ2n) is 7.21. The molecule has 0 saturated heterocycles. The molecule has 30 heavy (non-hydrogen) atoms. The number of hydrogen-bond donors (Lipinski definition) is 1. The Bertz CT molecular complexity index is 1290. The zero-order chi connectivity index (χ0) is 21.4. The summed E-state index contributed by atoms with van der Waals surface area (Å²) < 4.78 is 16.2. The Morgan fingerprint density at radius 2 is 1.77 bits per heavy atom. The maximum Gasteiger partial charge on any atom is 0.253 e. The highest BCUT2D eigenvalue weighted by Crippen LogP contribution is 2.30. The van der Waals surface area contributed by atoms with E-state index in [1.165, 1.54) is 28.8 Å². The van der Waals surface area contributed by atoms with Crippen LogP contribution in [0.5, 0.6) is 0 Å². The summed E-state index contributed by atoms with van der Waals surface area (Å²) in [5.74, 6) is -0.767. The van der Waals surface area contributed by atoms with Crippen molar-refractivity contribution >= 4 is 22.6 Å². The first-order chi connectivity index (χ1) is 14.4. The van der Waals surface area contributed by atoms with Gasteiger partial charge in [0.2, 0.25) is 5.91 Å². The number of halogens is 1. The molecule has 2 heterocycles. The molecular weight excluding hydrogens is 383 g/mol. The molecule has 152 valence electrons. The van der Waals surface area contributed by atoms with Crippen molar-refractivity contribution < 1.29 is 9.18 Å². The van der Waals surface area contributed by atoms with Crippen LogP contribution in [-0.4, -0.2) is 20.3 Å². The van der Waals surface area contributed by atoms with Crippen molar-refractivity contribution in [3.05, 3.63) is 82.5 Å². The highest BCUT2D eigenvalue weighted by molar-refractivity contribution is 5.98. The number of carbonyl (C=O) groups excluding carboxylic acids is 1. The summed E-state index contributed by atoms with van der Waals surface area (Å²) in [4.78, 5) is 26.0. The highest BCUT2D eigenvalue weighted by atomic mass is 19.1. The van der Waals surface area contributed by atoms with Crippen molar-refractivity contribution in [2.45, 2.75) is 19.9 Å². The van der Waals surface area contributed by atoms with E-state index in [0.717, 1.165) is 22.2 Å². The maximum absolute atomic E-state index is 13.1. The molecule has 0 aliphatic carbocycles. The number of nitrogens with zero attached hydrogens (tertiary/aromatic N) is 3. The SMILES string of the molecule is Cc1nn(C)c2c1c(-c1ccccc1)cc(=O)n2C(C)C(=O)Nc1ccc(F)cc1. The van der Waals surface area contributed by atoms with Crippen LogP contribution in [0.25, 0.3) is 22.2 Å². The Labute approximate surface area is 172 Å². The average molecular weight is 404 g/mol. The minimum absolute atomic E-state index is 0.300. The lowest BCUT2D eigenvalue weighted by Crippen LogP contribution is -2.32. The molecular formula is C23H21FN4O2. The Kier molecular flexibility index (Phi) is 4.95. The molecule has 2 aromatic heterocycles. The molecule has 2 aromatic carbocycles. The number of rotatable bonds is 4. The van der Waals surface area contributed by atoms with E-state index in [4.69, 9.17) is 0 Å². The Hall–Kier alpha value is -3.74. The number of aromatic nitrogens is 3. The third kappa shape index (κ3) is 3.39. The molecule has 1 amide bonds. The normalized spacial score (nSPS) is 12.1. The van der Waals surface area contributed by atoms with Gasteiger partial charge in [0.05, 0.1) is 5.69 Å². The summed E-state index contributed by atoms with van der Waals surface area (Å²) in [5, 5.41) is 8.06. The molecule has 1 atom stereocenters. The third-order valence-electron chi connectivity index (χ3n) is 5.16. The van der Waals surface area contributed by atoms with Gasteiger partial charge in [0.1, 0.15) is 17.5 Å². The van der Waals surface area contributed by atoms with E-state index in [0.29, 0.717) is 11.3 Å². The van der Waals surface area contributed by atoms with Gasteiger partial charge >= 0.3 is 0 Å². The number of fused-ring (bicyclic) bond motifs is 1. The fourth-order valence-corrected chi connectivity index (χ4v) is 3.72. The van der Waals surface area contributed by atoms with Gasteiger partial charge in [-0.15, -0.1) is 0 Å². The molecule has 0 aliphatic rings. The van der Waals surface area contributed by atoms with Crippen molar-refractivity contribution in [3.8, 4) is 11.1 Å². The molecule has 4 aromatic rings. The Balaban J connectivity index is 1.83. The fourth-order valence-electron chi connectivity index (χ4n) is 3.72. The molecule has 4 rings (SSSR count). The van der Waals surface area contributed by atoms with Gasteiger partial charge in [0.25, 0.3) is 5.56 Å². The molecule has 0 radical (unpaired) electrons. The summed E-state index contributed by atoms with van der Waals surface area (Å²) in [6, 6.07) is 15.9. The summed E-state index contributed by atoms with van der Waals surface area (Å²) in [7, 11) is 1.75. The summed E-state index contributed by atoms with van der Waals surface area (Å²) in [6.07, 6.45) is 0. The fraction of sp³-hybridized carbons (Fsp3) is 0.174. The molecule has 0 aliphatic heterocycles. The minimum atomic E-state index is -0.801. The van der Waals surface area contributed by atoms with Gasteiger partial charge in [0, 0.05) is 24.2 Å². The van der Waals surface area contributed by atoms with Gasteiger partial charge in [-0.2, -0.15) is 5.10 Å². The molecule has 6 nitrogen and oxygen atoms in total. The number of pyridine rings is 1. The molecule has 0 bridgehead atoms. The molecule has 1 N–H and O–H groups in total. The van der Waals surface area contributed by atoms with Crippen molar-refractivity contribution in [1.82, 2.24) is 14.3 Å². The van der Waals surface area contributed by atoms with Crippen LogP contribution in [0.4, 0.5) is 10.1 Å².